The molecule has 3 amide bonds. The Hall–Kier alpha value is -2.78. The van der Waals surface area contributed by atoms with Crippen molar-refractivity contribution in [3.8, 4) is 0 Å². The van der Waals surface area contributed by atoms with Gasteiger partial charge in [0.2, 0.25) is 11.8 Å². The number of rotatable bonds is 5. The molecule has 2 aliphatic carbocycles. The molecular formula is C31H51N7O7. The van der Waals surface area contributed by atoms with E-state index in [0.717, 1.165) is 44.9 Å². The topological polar surface area (TPSA) is 174 Å². The van der Waals surface area contributed by atoms with E-state index in [0.29, 0.717) is 25.2 Å². The Balaban J connectivity index is 1.36. The van der Waals surface area contributed by atoms with Crippen LogP contribution in [0.15, 0.2) is 12.2 Å². The summed E-state index contributed by atoms with van der Waals surface area (Å²) in [5.41, 5.74) is 7.88. The minimum absolute atomic E-state index is 0.0543. The third-order valence-electron chi connectivity index (χ3n) is 9.78. The van der Waals surface area contributed by atoms with Crippen molar-refractivity contribution in [1.29, 1.82) is 0 Å². The van der Waals surface area contributed by atoms with Gasteiger partial charge < -0.3 is 30.1 Å². The van der Waals surface area contributed by atoms with E-state index >= 15 is 0 Å². The van der Waals surface area contributed by atoms with Crippen LogP contribution in [0, 0.1) is 11.8 Å². The first-order valence-corrected chi connectivity index (χ1v) is 16.5. The number of carboxylic acid groups (broad SMARTS) is 1. The van der Waals surface area contributed by atoms with E-state index < -0.39 is 41.2 Å². The van der Waals surface area contributed by atoms with Gasteiger partial charge in [0.1, 0.15) is 23.2 Å². The molecule has 0 radical (unpaired) electrons. The number of nitrogens with one attached hydrogen (secondary N) is 5. The van der Waals surface area contributed by atoms with Gasteiger partial charge in [0.25, 0.3) is 0 Å². The molecule has 6 N–H and O–H groups in total. The van der Waals surface area contributed by atoms with E-state index in [1.807, 2.05) is 17.3 Å². The molecular weight excluding hydrogens is 582 g/mol. The molecule has 4 unspecified atom stereocenters. The monoisotopic (exact) mass is 633 g/mol. The summed E-state index contributed by atoms with van der Waals surface area (Å²) in [6.07, 6.45) is 11.6. The lowest BCUT2D eigenvalue weighted by molar-refractivity contribution is -0.145. The molecule has 0 spiro atoms. The largest absolute Gasteiger partial charge is 0.479 e. The quantitative estimate of drug-likeness (QED) is 0.243. The average molecular weight is 634 g/mol. The second-order valence-corrected chi connectivity index (χ2v) is 14.3. The summed E-state index contributed by atoms with van der Waals surface area (Å²) >= 11 is 0. The number of alkyl carbamates (subject to hydrolysis) is 1. The highest BCUT2D eigenvalue weighted by Gasteiger charge is 2.61. The van der Waals surface area contributed by atoms with Crippen molar-refractivity contribution in [2.24, 2.45) is 11.8 Å². The van der Waals surface area contributed by atoms with Gasteiger partial charge in [-0.25, -0.2) is 20.4 Å². The molecule has 252 valence electrons. The van der Waals surface area contributed by atoms with Crippen molar-refractivity contribution in [3.05, 3.63) is 12.2 Å². The maximum absolute atomic E-state index is 14.2. The van der Waals surface area contributed by atoms with E-state index in [1.54, 1.807) is 27.9 Å². The molecule has 5 rings (SSSR count). The SMILES string of the molecule is COC1CCCC(C2NNN(C3C[C@H]4C(=O)N[C@@]5(C(=O)O)C[C@H]5/C=C\CCCCC[C@@H](NC(=O)OC(C)(C)C)C(=O)N4C3)N2)C1. The average Bonchev–Trinajstić information content (AvgIpc) is 3.31. The van der Waals surface area contributed by atoms with Crippen LogP contribution in [0.25, 0.3) is 0 Å². The summed E-state index contributed by atoms with van der Waals surface area (Å²) in [7, 11) is 1.74. The lowest BCUT2D eigenvalue weighted by atomic mass is 9.85. The van der Waals surface area contributed by atoms with Crippen LogP contribution in [-0.4, -0.2) is 94.2 Å². The van der Waals surface area contributed by atoms with Crippen LogP contribution in [-0.2, 0) is 23.9 Å². The third kappa shape index (κ3) is 7.97. The van der Waals surface area contributed by atoms with Gasteiger partial charge in [-0.2, -0.15) is 10.7 Å². The minimum Gasteiger partial charge on any atom is -0.479 e. The molecule has 14 heteroatoms. The number of fused-ring (bicyclic) bond motifs is 2. The maximum atomic E-state index is 14.2. The molecule has 2 saturated carbocycles. The Morgan fingerprint density at radius 2 is 1.89 bits per heavy atom. The highest BCUT2D eigenvalue weighted by Crippen LogP contribution is 2.45. The number of amides is 3. The molecule has 5 aliphatic rings. The van der Waals surface area contributed by atoms with Crippen LogP contribution in [0.2, 0.25) is 0 Å². The van der Waals surface area contributed by atoms with E-state index in [4.69, 9.17) is 9.47 Å². The Labute approximate surface area is 265 Å². The Bertz CT molecular complexity index is 1150. The molecule has 0 aromatic heterocycles. The maximum Gasteiger partial charge on any atom is 0.408 e. The first kappa shape index (κ1) is 33.6. The van der Waals surface area contributed by atoms with Crippen molar-refractivity contribution >= 4 is 23.9 Å². The van der Waals surface area contributed by atoms with Gasteiger partial charge >= 0.3 is 12.1 Å². The third-order valence-corrected chi connectivity index (χ3v) is 9.78. The van der Waals surface area contributed by atoms with Gasteiger partial charge in [-0.15, -0.1) is 0 Å². The van der Waals surface area contributed by atoms with Crippen LogP contribution in [0.1, 0.15) is 91.4 Å². The van der Waals surface area contributed by atoms with E-state index in [9.17, 15) is 24.3 Å². The van der Waals surface area contributed by atoms with Crippen LogP contribution in [0.5, 0.6) is 0 Å². The number of methoxy groups -OCH3 is 1. The van der Waals surface area contributed by atoms with Crippen molar-refractivity contribution in [2.45, 2.75) is 133 Å². The fourth-order valence-corrected chi connectivity index (χ4v) is 7.19. The summed E-state index contributed by atoms with van der Waals surface area (Å²) in [5.74, 6) is -1.94. The number of aliphatic carboxylic acids is 1. The summed E-state index contributed by atoms with van der Waals surface area (Å²) in [5, 5.41) is 17.5. The van der Waals surface area contributed by atoms with Crippen LogP contribution >= 0.6 is 0 Å². The predicted molar refractivity (Wildman–Crippen MR) is 164 cm³/mol. The van der Waals surface area contributed by atoms with Crippen molar-refractivity contribution in [3.63, 3.8) is 0 Å². The van der Waals surface area contributed by atoms with Gasteiger partial charge in [0, 0.05) is 19.6 Å². The number of hydrogen-bond acceptors (Lipinski definition) is 10. The standard InChI is InChI=1S/C31H51N7O7/c1-30(2,3)45-29(43)32-23-14-9-7-5-6-8-12-20-17-31(20,28(41)42)33-26(39)24-16-21(18-37(24)27(23)40)38-35-25(34-36-38)19-11-10-13-22(15-19)44-4/h8,12,19-25,34-36H,5-7,9-11,13-18H2,1-4H3,(H,32,43)(H,33,39)(H,41,42)/b12-8-/t19?,20-,21?,22?,23-,24+,25?,31+/m1/s1. The number of hydrazine groups is 3. The Morgan fingerprint density at radius 1 is 1.09 bits per heavy atom. The second kappa shape index (κ2) is 13.9. The molecule has 3 aliphatic heterocycles. The van der Waals surface area contributed by atoms with Gasteiger partial charge in [-0.05, 0) is 78.1 Å². The molecule has 14 nitrogen and oxygen atoms in total. The van der Waals surface area contributed by atoms with Gasteiger partial charge in [0.15, 0.2) is 0 Å². The summed E-state index contributed by atoms with van der Waals surface area (Å²) in [4.78, 5) is 54.8. The Kier molecular flexibility index (Phi) is 10.4. The predicted octanol–water partition coefficient (Wildman–Crippen LogP) is 1.69. The van der Waals surface area contributed by atoms with Crippen LogP contribution in [0.4, 0.5) is 4.79 Å². The number of carbonyl (C=O) groups excluding carboxylic acids is 3. The summed E-state index contributed by atoms with van der Waals surface area (Å²) in [6, 6.07) is -2.12. The molecule has 0 bridgehead atoms. The fraction of sp³-hybridized carbons (Fsp3) is 0.806. The van der Waals surface area contributed by atoms with Gasteiger partial charge in [-0.1, -0.05) is 31.4 Å². The molecule has 45 heavy (non-hydrogen) atoms. The number of ether oxygens (including phenoxy) is 2. The fourth-order valence-electron chi connectivity index (χ4n) is 7.19. The van der Waals surface area contributed by atoms with Crippen LogP contribution in [0.3, 0.4) is 0 Å². The second-order valence-electron chi connectivity index (χ2n) is 14.3. The molecule has 0 aromatic rings. The molecule has 0 aromatic carbocycles. The van der Waals surface area contributed by atoms with E-state index in [-0.39, 0.29) is 43.1 Å². The molecule has 4 fully saturated rings. The van der Waals surface area contributed by atoms with Crippen molar-refractivity contribution in [1.82, 2.24) is 37.0 Å². The van der Waals surface area contributed by atoms with Gasteiger partial charge in [-0.3, -0.25) is 9.59 Å². The van der Waals surface area contributed by atoms with E-state index in [2.05, 4.69) is 27.0 Å². The lowest BCUT2D eigenvalue weighted by Gasteiger charge is -2.32. The summed E-state index contributed by atoms with van der Waals surface area (Å²) in [6.45, 7) is 5.47. The first-order chi connectivity index (χ1) is 21.4. The molecule has 2 saturated heterocycles. The minimum atomic E-state index is -1.38. The highest BCUT2D eigenvalue weighted by atomic mass is 16.6. The highest BCUT2D eigenvalue weighted by molar-refractivity contribution is 5.96. The smallest absolute Gasteiger partial charge is 0.408 e. The van der Waals surface area contributed by atoms with Crippen molar-refractivity contribution in [2.75, 3.05) is 13.7 Å². The van der Waals surface area contributed by atoms with Gasteiger partial charge in [0.05, 0.1) is 18.3 Å². The van der Waals surface area contributed by atoms with Crippen LogP contribution < -0.4 is 27.0 Å². The first-order valence-electron chi connectivity index (χ1n) is 16.5. The number of nitrogens with zero attached hydrogens (tertiary/aromatic N) is 2. The zero-order valence-electron chi connectivity index (χ0n) is 27.0. The number of allylic oxidation sites excluding steroid dienone is 1. The molecule has 3 heterocycles. The number of hydrogen-bond donors (Lipinski definition) is 6. The van der Waals surface area contributed by atoms with E-state index in [1.165, 1.54) is 4.90 Å². The zero-order chi connectivity index (χ0) is 32.4. The number of carboxylic acids is 1. The zero-order valence-corrected chi connectivity index (χ0v) is 27.0. The van der Waals surface area contributed by atoms with Crippen molar-refractivity contribution < 1.29 is 33.8 Å². The number of carbonyl (C=O) groups is 4. The lowest BCUT2D eigenvalue weighted by Crippen LogP contribution is -2.56. The summed E-state index contributed by atoms with van der Waals surface area (Å²) < 4.78 is 11.1. The normalized spacial score (nSPS) is 37.4. The molecule has 8 atom stereocenters. The Morgan fingerprint density at radius 3 is 2.62 bits per heavy atom.